The van der Waals surface area contributed by atoms with E-state index < -0.39 is 6.09 Å². The van der Waals surface area contributed by atoms with Gasteiger partial charge in [-0.3, -0.25) is 0 Å². The molecular formula is C11H13NO3S. The maximum atomic E-state index is 10.9. The minimum Gasteiger partial charge on any atom is -0.408 e. The van der Waals surface area contributed by atoms with Gasteiger partial charge in [0.05, 0.1) is 0 Å². The molecule has 0 spiro atoms. The zero-order valence-corrected chi connectivity index (χ0v) is 9.83. The summed E-state index contributed by atoms with van der Waals surface area (Å²) in [6.07, 6.45) is 2.43. The van der Waals surface area contributed by atoms with Crippen molar-refractivity contribution in [2.24, 2.45) is 4.36 Å². The Morgan fingerprint density at radius 2 is 2.06 bits per heavy atom. The van der Waals surface area contributed by atoms with Gasteiger partial charge in [0.25, 0.3) is 0 Å². The lowest BCUT2D eigenvalue weighted by atomic mass is 10.1. The predicted octanol–water partition coefficient (Wildman–Crippen LogP) is 2.92. The van der Waals surface area contributed by atoms with Crippen LogP contribution in [0, 0.1) is 0 Å². The SMILES string of the molecule is CCCCc1ccc(OC(=O)N=S=O)cc1. The number of ether oxygens (including phenoxy) is 1. The Labute approximate surface area is 97.9 Å². The number of carbonyl (C=O) groups is 1. The van der Waals surface area contributed by atoms with Crippen LogP contribution in [-0.2, 0) is 17.9 Å². The van der Waals surface area contributed by atoms with Crippen molar-refractivity contribution in [3.05, 3.63) is 29.8 Å². The molecule has 1 rings (SSSR count). The molecule has 5 heteroatoms. The first-order valence-electron chi connectivity index (χ1n) is 5.07. The Kier molecular flexibility index (Phi) is 5.42. The predicted molar refractivity (Wildman–Crippen MR) is 61.6 cm³/mol. The van der Waals surface area contributed by atoms with Crippen molar-refractivity contribution in [2.75, 3.05) is 0 Å². The summed E-state index contributed by atoms with van der Waals surface area (Å²) in [4.78, 5) is 10.9. The molecule has 1 aromatic rings. The fraction of sp³-hybridized carbons (Fsp3) is 0.364. The molecule has 0 aromatic heterocycles. The van der Waals surface area contributed by atoms with Crippen LogP contribution in [0.2, 0.25) is 0 Å². The average Bonchev–Trinajstić information content (AvgIpc) is 2.28. The fourth-order valence-electron chi connectivity index (χ4n) is 1.25. The summed E-state index contributed by atoms with van der Waals surface area (Å²) in [6.45, 7) is 2.14. The molecule has 0 radical (unpaired) electrons. The second-order valence-electron chi connectivity index (χ2n) is 3.28. The molecule has 0 unspecified atom stereocenters. The van der Waals surface area contributed by atoms with E-state index in [0.29, 0.717) is 5.75 Å². The Morgan fingerprint density at radius 1 is 1.38 bits per heavy atom. The monoisotopic (exact) mass is 239 g/mol. The molecular weight excluding hydrogens is 226 g/mol. The molecule has 1 amide bonds. The van der Waals surface area contributed by atoms with Crippen LogP contribution in [0.4, 0.5) is 4.79 Å². The van der Waals surface area contributed by atoms with Crippen molar-refractivity contribution in [1.29, 1.82) is 0 Å². The zero-order chi connectivity index (χ0) is 11.8. The summed E-state index contributed by atoms with van der Waals surface area (Å²) in [5.41, 5.74) is 1.21. The fourth-order valence-corrected chi connectivity index (χ4v) is 1.35. The normalized spacial score (nSPS) is 9.56. The van der Waals surface area contributed by atoms with Gasteiger partial charge in [0.1, 0.15) is 5.75 Å². The van der Waals surface area contributed by atoms with Crippen molar-refractivity contribution in [2.45, 2.75) is 26.2 Å². The molecule has 0 aliphatic rings. The summed E-state index contributed by atoms with van der Waals surface area (Å²) in [5.74, 6) is 0.406. The van der Waals surface area contributed by atoms with Crippen LogP contribution in [0.25, 0.3) is 0 Å². The maximum Gasteiger partial charge on any atom is 0.452 e. The number of benzene rings is 1. The Bertz CT molecular complexity index is 396. The number of unbranched alkanes of at least 4 members (excludes halogenated alkanes) is 1. The smallest absolute Gasteiger partial charge is 0.408 e. The maximum absolute atomic E-state index is 10.9. The van der Waals surface area contributed by atoms with Crippen LogP contribution in [0.15, 0.2) is 28.6 Å². The van der Waals surface area contributed by atoms with Crippen LogP contribution >= 0.6 is 0 Å². The Morgan fingerprint density at radius 3 is 2.62 bits per heavy atom. The van der Waals surface area contributed by atoms with E-state index in [-0.39, 0.29) is 11.5 Å². The van der Waals surface area contributed by atoms with Gasteiger partial charge >= 0.3 is 6.09 Å². The molecule has 1 aromatic carbocycles. The molecule has 0 saturated heterocycles. The molecule has 0 aliphatic carbocycles. The Balaban J connectivity index is 2.57. The molecule has 4 nitrogen and oxygen atoms in total. The van der Waals surface area contributed by atoms with Crippen LogP contribution < -0.4 is 4.74 Å². The highest BCUT2D eigenvalue weighted by atomic mass is 32.1. The second-order valence-corrected chi connectivity index (χ2v) is 3.61. The lowest BCUT2D eigenvalue weighted by Crippen LogP contribution is -2.00. The molecule has 0 saturated carbocycles. The third-order valence-electron chi connectivity index (χ3n) is 2.06. The molecule has 0 heterocycles. The molecule has 0 bridgehead atoms. The highest BCUT2D eigenvalue weighted by molar-refractivity contribution is 7.55. The van der Waals surface area contributed by atoms with E-state index >= 15 is 0 Å². The van der Waals surface area contributed by atoms with Gasteiger partial charge in [0.2, 0.25) is 11.5 Å². The quantitative estimate of drug-likeness (QED) is 0.811. The van der Waals surface area contributed by atoms with E-state index in [0.717, 1.165) is 19.3 Å². The van der Waals surface area contributed by atoms with Crippen molar-refractivity contribution >= 4 is 17.6 Å². The highest BCUT2D eigenvalue weighted by Crippen LogP contribution is 2.14. The van der Waals surface area contributed by atoms with Gasteiger partial charge in [-0.25, -0.2) is 4.79 Å². The molecule has 0 atom stereocenters. The summed E-state index contributed by atoms with van der Waals surface area (Å²) in [6, 6.07) is 7.22. The van der Waals surface area contributed by atoms with Crippen LogP contribution in [-0.4, -0.2) is 10.3 Å². The molecule has 0 aliphatic heterocycles. The molecule has 86 valence electrons. The highest BCUT2D eigenvalue weighted by Gasteiger charge is 2.01. The van der Waals surface area contributed by atoms with E-state index in [1.54, 1.807) is 12.1 Å². The third kappa shape index (κ3) is 4.35. The zero-order valence-electron chi connectivity index (χ0n) is 9.01. The number of hydrogen-bond acceptors (Lipinski definition) is 3. The van der Waals surface area contributed by atoms with Gasteiger partial charge < -0.3 is 4.74 Å². The van der Waals surface area contributed by atoms with Gasteiger partial charge in [-0.15, -0.1) is 0 Å². The first-order chi connectivity index (χ1) is 7.76. The minimum absolute atomic E-state index is 0.156. The molecule has 0 fully saturated rings. The topological polar surface area (TPSA) is 55.7 Å². The van der Waals surface area contributed by atoms with Crippen molar-refractivity contribution in [3.8, 4) is 5.75 Å². The van der Waals surface area contributed by atoms with Gasteiger partial charge in [0.15, 0.2) is 0 Å². The lowest BCUT2D eigenvalue weighted by molar-refractivity contribution is 0.212. The van der Waals surface area contributed by atoms with Crippen LogP contribution in [0.5, 0.6) is 5.75 Å². The molecule has 16 heavy (non-hydrogen) atoms. The summed E-state index contributed by atoms with van der Waals surface area (Å²) in [7, 11) is 0. The van der Waals surface area contributed by atoms with E-state index in [2.05, 4.69) is 11.3 Å². The van der Waals surface area contributed by atoms with Gasteiger partial charge in [0, 0.05) is 0 Å². The first-order valence-corrected chi connectivity index (χ1v) is 5.77. The van der Waals surface area contributed by atoms with Gasteiger partial charge in [-0.1, -0.05) is 29.8 Å². The van der Waals surface area contributed by atoms with E-state index in [1.807, 2.05) is 12.1 Å². The summed E-state index contributed by atoms with van der Waals surface area (Å²) in [5, 5.41) is 0. The summed E-state index contributed by atoms with van der Waals surface area (Å²) < 4.78 is 17.7. The Hall–Kier alpha value is -1.49. The van der Waals surface area contributed by atoms with Crippen molar-refractivity contribution in [1.82, 2.24) is 0 Å². The van der Waals surface area contributed by atoms with Crippen molar-refractivity contribution in [3.63, 3.8) is 0 Å². The van der Waals surface area contributed by atoms with Crippen LogP contribution in [0.1, 0.15) is 25.3 Å². The third-order valence-corrected chi connectivity index (χ3v) is 2.28. The lowest BCUT2D eigenvalue weighted by Gasteiger charge is -2.02. The number of aryl methyl sites for hydroxylation is 1. The van der Waals surface area contributed by atoms with Gasteiger partial charge in [-0.2, -0.15) is 4.21 Å². The summed E-state index contributed by atoms with van der Waals surface area (Å²) >= 11 is -0.156. The van der Waals surface area contributed by atoms with Crippen molar-refractivity contribution < 1.29 is 13.7 Å². The number of hydrogen-bond donors (Lipinski definition) is 0. The molecule has 0 N–H and O–H groups in total. The number of amides is 1. The van der Waals surface area contributed by atoms with E-state index in [9.17, 15) is 9.00 Å². The van der Waals surface area contributed by atoms with Gasteiger partial charge in [-0.05, 0) is 30.5 Å². The van der Waals surface area contributed by atoms with E-state index in [1.165, 1.54) is 5.56 Å². The second kappa shape index (κ2) is 6.90. The number of carbonyl (C=O) groups excluding carboxylic acids is 1. The van der Waals surface area contributed by atoms with E-state index in [4.69, 9.17) is 4.74 Å². The van der Waals surface area contributed by atoms with Crippen LogP contribution in [0.3, 0.4) is 0 Å². The number of rotatable bonds is 4. The first kappa shape index (κ1) is 12.6. The average molecular weight is 239 g/mol. The standard InChI is InChI=1S/C11H13NO3S/c1-2-3-4-9-5-7-10(8-6-9)15-11(13)12-16-14/h5-8H,2-4H2,1H3. The largest absolute Gasteiger partial charge is 0.452 e. The minimum atomic E-state index is -0.874. The number of nitrogens with zero attached hydrogens (tertiary/aromatic N) is 1.